The Morgan fingerprint density at radius 2 is 1.72 bits per heavy atom. The minimum Gasteiger partial charge on any atom is -0.462 e. The van der Waals surface area contributed by atoms with Crippen molar-refractivity contribution in [1.29, 1.82) is 0 Å². The highest BCUT2D eigenvalue weighted by Crippen LogP contribution is 2.72. The molecule has 5 rings (SSSR count). The summed E-state index contributed by atoms with van der Waals surface area (Å²) in [6.45, 7) is 22.3. The summed E-state index contributed by atoms with van der Waals surface area (Å²) < 4.78 is 6.77. The first kappa shape index (κ1) is 34.0. The van der Waals surface area contributed by atoms with E-state index in [1.54, 1.807) is 0 Å². The fraction of sp³-hybridized carbons (Fsp3) is 0.872. The average molecular weight is 629 g/mol. The van der Waals surface area contributed by atoms with Crippen LogP contribution < -0.4 is 0 Å². The Bertz CT molecular complexity index is 1090. The van der Waals surface area contributed by atoms with E-state index in [0.29, 0.717) is 27.9 Å². The monoisotopic (exact) mass is 628 g/mol. The number of rotatable bonds is 10. The largest absolute Gasteiger partial charge is 0.462 e. The molecule has 244 valence electrons. The molecule has 3 fully saturated rings. The Labute approximate surface area is 273 Å². The lowest BCUT2D eigenvalue weighted by Crippen LogP contribution is -2.55. The van der Waals surface area contributed by atoms with Crippen LogP contribution in [0.4, 0.5) is 0 Å². The lowest BCUT2D eigenvalue weighted by atomic mass is 9.43. The number of ether oxygens (including phenoxy) is 1. The molecule has 0 spiro atoms. The van der Waals surface area contributed by atoms with E-state index in [1.165, 1.54) is 82.0 Å². The molecule has 4 heteroatoms. The molecule has 1 heterocycles. The Morgan fingerprint density at radius 3 is 2.42 bits per heavy atom. The van der Waals surface area contributed by atoms with Crippen LogP contribution in [0.15, 0.2) is 22.8 Å². The van der Waals surface area contributed by atoms with Gasteiger partial charge < -0.3 is 4.74 Å². The Kier molecular flexibility index (Phi) is 10.0. The van der Waals surface area contributed by atoms with E-state index in [1.807, 2.05) is 21.9 Å². The van der Waals surface area contributed by atoms with E-state index in [9.17, 15) is 4.79 Å². The van der Waals surface area contributed by atoms with E-state index in [0.717, 1.165) is 31.1 Å². The van der Waals surface area contributed by atoms with Crippen LogP contribution in [-0.2, 0) is 9.53 Å². The molecule has 1 aliphatic heterocycles. The number of hydrogen-bond acceptors (Lipinski definition) is 4. The summed E-state index contributed by atoms with van der Waals surface area (Å²) in [7, 11) is 4.07. The van der Waals surface area contributed by atoms with Crippen molar-refractivity contribution in [3.05, 3.63) is 22.8 Å². The predicted molar refractivity (Wildman–Crippen MR) is 188 cm³/mol. The zero-order valence-electron chi connectivity index (χ0n) is 29.3. The van der Waals surface area contributed by atoms with Gasteiger partial charge in [-0.15, -0.1) is 0 Å². The Morgan fingerprint density at radius 1 is 0.953 bits per heavy atom. The molecule has 0 bridgehead atoms. The first-order valence-corrected chi connectivity index (χ1v) is 20.3. The van der Waals surface area contributed by atoms with Gasteiger partial charge in [-0.2, -0.15) is 0 Å². The van der Waals surface area contributed by atoms with Crippen LogP contribution >= 0.6 is 21.6 Å². The number of hydrogen-bond donors (Lipinski definition) is 0. The van der Waals surface area contributed by atoms with E-state index < -0.39 is 0 Å². The molecule has 2 saturated carbocycles. The summed E-state index contributed by atoms with van der Waals surface area (Å²) in [4.78, 5) is 13.1. The molecular weight excluding hydrogens is 565 g/mol. The van der Waals surface area contributed by atoms with Gasteiger partial charge in [0.25, 0.3) is 0 Å². The first-order chi connectivity index (χ1) is 20.2. The molecule has 5 aliphatic rings. The summed E-state index contributed by atoms with van der Waals surface area (Å²) >= 11 is 0. The second-order valence-corrected chi connectivity index (χ2v) is 20.4. The summed E-state index contributed by atoms with van der Waals surface area (Å²) in [6.07, 6.45) is 20.4. The zero-order valence-corrected chi connectivity index (χ0v) is 31.0. The van der Waals surface area contributed by atoms with Gasteiger partial charge in [0.15, 0.2) is 0 Å². The minimum absolute atomic E-state index is 0.0195. The van der Waals surface area contributed by atoms with Crippen LogP contribution in [0.1, 0.15) is 159 Å². The topological polar surface area (TPSA) is 26.3 Å². The quantitative estimate of drug-likeness (QED) is 0.104. The van der Waals surface area contributed by atoms with Gasteiger partial charge in [0.2, 0.25) is 0 Å². The molecule has 2 nitrogen and oxygen atoms in total. The third-order valence-electron chi connectivity index (χ3n) is 14.2. The smallest absolute Gasteiger partial charge is 0.306 e. The van der Waals surface area contributed by atoms with Gasteiger partial charge in [-0.1, -0.05) is 92.3 Å². The van der Waals surface area contributed by atoms with Crippen LogP contribution in [0, 0.1) is 39.4 Å². The normalized spacial score (nSPS) is 40.8. The second kappa shape index (κ2) is 12.7. The van der Waals surface area contributed by atoms with Gasteiger partial charge in [0.05, 0.1) is 0 Å². The van der Waals surface area contributed by atoms with Gasteiger partial charge in [0, 0.05) is 22.3 Å². The second-order valence-electron chi connectivity index (χ2n) is 17.3. The van der Waals surface area contributed by atoms with Crippen molar-refractivity contribution in [3.8, 4) is 0 Å². The SMILES string of the molecule is CC(C)=CCC[C@@H](C)[C@H]1CC[C@@]2(C)C3=C(CC[C@]12C)[C@@]1(C)CC[C@H](OC(=O)CCCC[C@]2(C)CCSS2)C(C)(C)[C@@H]1CC3. The standard InChI is InChI=1S/C39H64O2S2/c1-27(2)13-12-14-28(3)29-18-23-39(9)31-16-17-32-35(4,5)33(20-22-37(32,7)30(31)19-24-38(29,39)8)41-34(40)15-10-11-21-36(6)25-26-42-43-36/h13,28-29,32-33H,10-12,14-26H2,1-9H3/t28-,29-,32+,33+,36-,37-,38-,39+/m1/s1. The fourth-order valence-corrected chi connectivity index (χ4v) is 14.6. The highest BCUT2D eigenvalue weighted by Gasteiger charge is 2.63. The summed E-state index contributed by atoms with van der Waals surface area (Å²) in [5, 5.41) is 0. The third kappa shape index (κ3) is 6.21. The maximum Gasteiger partial charge on any atom is 0.306 e. The van der Waals surface area contributed by atoms with Gasteiger partial charge >= 0.3 is 5.97 Å². The van der Waals surface area contributed by atoms with Crippen LogP contribution in [0.25, 0.3) is 0 Å². The van der Waals surface area contributed by atoms with E-state index in [2.05, 4.69) is 79.2 Å². The molecule has 0 aromatic heterocycles. The molecule has 0 aromatic rings. The van der Waals surface area contributed by atoms with E-state index in [-0.39, 0.29) is 22.9 Å². The maximum atomic E-state index is 13.1. The van der Waals surface area contributed by atoms with Crippen molar-refractivity contribution in [2.45, 2.75) is 169 Å². The van der Waals surface area contributed by atoms with Gasteiger partial charge in [-0.3, -0.25) is 4.79 Å². The van der Waals surface area contributed by atoms with Crippen LogP contribution in [0.2, 0.25) is 0 Å². The van der Waals surface area contributed by atoms with Crippen molar-refractivity contribution in [2.75, 3.05) is 5.75 Å². The molecular formula is C39H64O2S2. The fourth-order valence-electron chi connectivity index (χ4n) is 11.3. The minimum atomic E-state index is 0.0195. The molecule has 1 saturated heterocycles. The lowest BCUT2D eigenvalue weighted by molar-refractivity contribution is -0.170. The summed E-state index contributed by atoms with van der Waals surface area (Å²) in [6, 6.07) is 0. The number of fused-ring (bicyclic) bond motifs is 4. The van der Waals surface area contributed by atoms with E-state index >= 15 is 0 Å². The zero-order chi connectivity index (χ0) is 31.3. The average Bonchev–Trinajstić information content (AvgIpc) is 3.49. The number of carbonyl (C=O) groups excluding carboxylic acids is 1. The number of esters is 1. The van der Waals surface area contributed by atoms with Crippen molar-refractivity contribution in [2.24, 2.45) is 39.4 Å². The molecule has 8 atom stereocenters. The molecule has 4 aliphatic carbocycles. The predicted octanol–water partition coefficient (Wildman–Crippen LogP) is 12.1. The first-order valence-electron chi connectivity index (χ1n) is 18.0. The van der Waals surface area contributed by atoms with Crippen molar-refractivity contribution < 1.29 is 9.53 Å². The van der Waals surface area contributed by atoms with Crippen LogP contribution in [0.3, 0.4) is 0 Å². The Hall–Kier alpha value is -0.350. The summed E-state index contributed by atoms with van der Waals surface area (Å²) in [5.74, 6) is 3.55. The van der Waals surface area contributed by atoms with Gasteiger partial charge in [-0.25, -0.2) is 0 Å². The van der Waals surface area contributed by atoms with Gasteiger partial charge in [0.1, 0.15) is 6.10 Å². The Balaban J connectivity index is 1.25. The highest BCUT2D eigenvalue weighted by atomic mass is 33.1. The number of allylic oxidation sites excluding steroid dienone is 4. The van der Waals surface area contributed by atoms with Crippen molar-refractivity contribution in [1.82, 2.24) is 0 Å². The van der Waals surface area contributed by atoms with Crippen LogP contribution in [-0.4, -0.2) is 22.6 Å². The highest BCUT2D eigenvalue weighted by molar-refractivity contribution is 8.77. The lowest BCUT2D eigenvalue weighted by Gasteiger charge is -2.62. The number of carbonyl (C=O) groups is 1. The molecule has 0 aromatic carbocycles. The molecule has 0 unspecified atom stereocenters. The van der Waals surface area contributed by atoms with Crippen molar-refractivity contribution in [3.63, 3.8) is 0 Å². The molecule has 0 radical (unpaired) electrons. The number of unbranched alkanes of at least 4 members (excludes halogenated alkanes) is 1. The van der Waals surface area contributed by atoms with E-state index in [4.69, 9.17) is 4.74 Å². The molecule has 43 heavy (non-hydrogen) atoms. The molecule has 0 amide bonds. The van der Waals surface area contributed by atoms with Crippen LogP contribution in [0.5, 0.6) is 0 Å². The van der Waals surface area contributed by atoms with Crippen molar-refractivity contribution >= 4 is 27.6 Å². The maximum absolute atomic E-state index is 13.1. The van der Waals surface area contributed by atoms with Gasteiger partial charge in [-0.05, 0) is 138 Å². The summed E-state index contributed by atoms with van der Waals surface area (Å²) in [5.41, 5.74) is 6.23. The molecule has 0 N–H and O–H groups in total. The third-order valence-corrected chi connectivity index (χ3v) is 17.6.